The van der Waals surface area contributed by atoms with Gasteiger partial charge >= 0.3 is 5.97 Å². The minimum absolute atomic E-state index is 0.00102. The second-order valence-electron chi connectivity index (χ2n) is 8.91. The van der Waals surface area contributed by atoms with Crippen LogP contribution in [0.15, 0.2) is 17.1 Å². The SMILES string of the molecule is Cc1c(N2CC[C@H](CNC3CC3)C2)c(F)cc2c(=O)c(C(=O)O)cn([C@@H]3C[C@@H]3F)c12. The van der Waals surface area contributed by atoms with Crippen molar-refractivity contribution in [2.45, 2.75) is 50.9 Å². The van der Waals surface area contributed by atoms with Gasteiger partial charge in [-0.1, -0.05) is 0 Å². The van der Waals surface area contributed by atoms with Crippen LogP contribution in [0.4, 0.5) is 14.5 Å². The van der Waals surface area contributed by atoms with Gasteiger partial charge in [0.05, 0.1) is 17.2 Å². The highest BCUT2D eigenvalue weighted by molar-refractivity contribution is 5.95. The maximum atomic E-state index is 15.2. The molecule has 8 heteroatoms. The van der Waals surface area contributed by atoms with Crippen LogP contribution in [-0.2, 0) is 0 Å². The van der Waals surface area contributed by atoms with Gasteiger partial charge in [0.15, 0.2) is 0 Å². The van der Waals surface area contributed by atoms with Gasteiger partial charge in [0, 0.05) is 37.1 Å². The first-order valence-electron chi connectivity index (χ1n) is 10.6. The molecule has 1 aromatic carbocycles. The molecule has 5 rings (SSSR count). The van der Waals surface area contributed by atoms with Gasteiger partial charge in [-0.2, -0.15) is 0 Å². The highest BCUT2D eigenvalue weighted by atomic mass is 19.1. The summed E-state index contributed by atoms with van der Waals surface area (Å²) in [4.78, 5) is 26.2. The number of pyridine rings is 1. The minimum atomic E-state index is -1.39. The monoisotopic (exact) mass is 417 g/mol. The van der Waals surface area contributed by atoms with Crippen molar-refractivity contribution in [3.8, 4) is 0 Å². The summed E-state index contributed by atoms with van der Waals surface area (Å²) in [6.07, 6.45) is 3.80. The molecule has 3 aliphatic rings. The number of hydrogen-bond donors (Lipinski definition) is 2. The van der Waals surface area contributed by atoms with Gasteiger partial charge in [-0.3, -0.25) is 4.79 Å². The molecule has 2 heterocycles. The van der Waals surface area contributed by atoms with Gasteiger partial charge in [0.1, 0.15) is 17.6 Å². The zero-order valence-corrected chi connectivity index (χ0v) is 16.8. The second kappa shape index (κ2) is 7.04. The Morgan fingerprint density at radius 2 is 2.07 bits per heavy atom. The Labute approximate surface area is 172 Å². The third-order valence-electron chi connectivity index (χ3n) is 6.62. The summed E-state index contributed by atoms with van der Waals surface area (Å²) in [5, 5.41) is 12.9. The average Bonchev–Trinajstić information content (AvgIpc) is 3.61. The average molecular weight is 417 g/mol. The van der Waals surface area contributed by atoms with Gasteiger partial charge in [-0.05, 0) is 50.3 Å². The number of hydrogen-bond acceptors (Lipinski definition) is 4. The zero-order valence-electron chi connectivity index (χ0n) is 16.8. The van der Waals surface area contributed by atoms with Crippen molar-refractivity contribution in [3.05, 3.63) is 39.4 Å². The van der Waals surface area contributed by atoms with E-state index in [1.54, 1.807) is 6.92 Å². The number of aromatic nitrogens is 1. The smallest absolute Gasteiger partial charge is 0.341 e. The lowest BCUT2D eigenvalue weighted by atomic mass is 10.0. The first-order valence-corrected chi connectivity index (χ1v) is 10.6. The standard InChI is InChI=1S/C22H25F2N3O3/c1-11-19-14(21(28)15(22(29)30)10-27(19)18-7-16(18)23)6-17(24)20(11)26-5-4-12(9-26)8-25-13-2-3-13/h6,10,12-13,16,18,25H,2-5,7-9H2,1H3,(H,29,30)/t12-,16+,18-/m1/s1. The van der Waals surface area contributed by atoms with Crippen LogP contribution in [-0.4, -0.2) is 47.5 Å². The number of halogens is 2. The van der Waals surface area contributed by atoms with Crippen molar-refractivity contribution >= 4 is 22.6 Å². The summed E-state index contributed by atoms with van der Waals surface area (Å²) >= 11 is 0. The van der Waals surface area contributed by atoms with Gasteiger partial charge in [0.2, 0.25) is 5.43 Å². The fourth-order valence-corrected chi connectivity index (χ4v) is 4.74. The summed E-state index contributed by atoms with van der Waals surface area (Å²) in [5.41, 5.74) is 0.246. The predicted octanol–water partition coefficient (Wildman–Crippen LogP) is 3.01. The van der Waals surface area contributed by atoms with Gasteiger partial charge in [-0.25, -0.2) is 13.6 Å². The molecule has 6 nitrogen and oxygen atoms in total. The number of anilines is 1. The third-order valence-corrected chi connectivity index (χ3v) is 6.62. The predicted molar refractivity (Wildman–Crippen MR) is 110 cm³/mol. The van der Waals surface area contributed by atoms with Crippen LogP contribution >= 0.6 is 0 Å². The molecule has 2 aromatic rings. The van der Waals surface area contributed by atoms with Crippen LogP contribution in [0.3, 0.4) is 0 Å². The van der Waals surface area contributed by atoms with Crippen molar-refractivity contribution in [3.63, 3.8) is 0 Å². The molecule has 3 fully saturated rings. The number of carboxylic acids is 1. The lowest BCUT2D eigenvalue weighted by Gasteiger charge is -2.24. The number of nitrogens with one attached hydrogen (secondary N) is 1. The molecule has 2 aliphatic carbocycles. The molecule has 1 aliphatic heterocycles. The van der Waals surface area contributed by atoms with E-state index in [4.69, 9.17) is 0 Å². The number of carboxylic acid groups (broad SMARTS) is 1. The molecule has 3 atom stereocenters. The number of nitrogens with zero attached hydrogens (tertiary/aromatic N) is 2. The number of fused-ring (bicyclic) bond motifs is 1. The molecule has 1 aromatic heterocycles. The molecular formula is C22H25F2N3O3. The number of aryl methyl sites for hydroxylation is 1. The van der Waals surface area contributed by atoms with E-state index in [0.29, 0.717) is 35.3 Å². The Kier molecular flexibility index (Phi) is 4.57. The van der Waals surface area contributed by atoms with Crippen LogP contribution in [0, 0.1) is 18.7 Å². The molecule has 0 bridgehead atoms. The quantitative estimate of drug-likeness (QED) is 0.756. The summed E-state index contributed by atoms with van der Waals surface area (Å²) in [7, 11) is 0. The van der Waals surface area contributed by atoms with E-state index in [1.807, 2.05) is 4.90 Å². The van der Waals surface area contributed by atoms with E-state index in [1.165, 1.54) is 23.6 Å². The molecule has 0 radical (unpaired) electrons. The van der Waals surface area contributed by atoms with Crippen molar-refractivity contribution in [1.82, 2.24) is 9.88 Å². The van der Waals surface area contributed by atoms with Gasteiger partial charge in [-0.15, -0.1) is 0 Å². The Bertz CT molecular complexity index is 1100. The van der Waals surface area contributed by atoms with Crippen LogP contribution < -0.4 is 15.6 Å². The number of rotatable bonds is 6. The zero-order chi connectivity index (χ0) is 21.2. The van der Waals surface area contributed by atoms with E-state index in [2.05, 4.69) is 5.32 Å². The Balaban J connectivity index is 1.58. The summed E-state index contributed by atoms with van der Waals surface area (Å²) < 4.78 is 30.6. The molecule has 0 unspecified atom stereocenters. The first-order chi connectivity index (χ1) is 14.3. The van der Waals surface area contributed by atoms with Crippen LogP contribution in [0.25, 0.3) is 10.9 Å². The molecule has 0 amide bonds. The van der Waals surface area contributed by atoms with Crippen molar-refractivity contribution < 1.29 is 18.7 Å². The van der Waals surface area contributed by atoms with E-state index in [9.17, 15) is 19.1 Å². The lowest BCUT2D eigenvalue weighted by molar-refractivity contribution is 0.0694. The number of benzene rings is 1. The maximum Gasteiger partial charge on any atom is 0.341 e. The van der Waals surface area contributed by atoms with Crippen LogP contribution in [0.2, 0.25) is 0 Å². The Hall–Kier alpha value is -2.48. The maximum absolute atomic E-state index is 15.2. The number of aromatic carboxylic acids is 1. The van der Waals surface area contributed by atoms with Crippen molar-refractivity contribution in [2.75, 3.05) is 24.5 Å². The molecule has 2 saturated carbocycles. The Morgan fingerprint density at radius 1 is 1.33 bits per heavy atom. The lowest BCUT2D eigenvalue weighted by Crippen LogP contribution is -2.28. The van der Waals surface area contributed by atoms with Crippen LogP contribution in [0.5, 0.6) is 0 Å². The Morgan fingerprint density at radius 3 is 2.70 bits per heavy atom. The summed E-state index contributed by atoms with van der Waals surface area (Å²) in [6.45, 7) is 4.08. The summed E-state index contributed by atoms with van der Waals surface area (Å²) in [5.74, 6) is -1.50. The van der Waals surface area contributed by atoms with Crippen molar-refractivity contribution in [2.24, 2.45) is 5.92 Å². The van der Waals surface area contributed by atoms with E-state index in [0.717, 1.165) is 25.6 Å². The third kappa shape index (κ3) is 3.27. The summed E-state index contributed by atoms with van der Waals surface area (Å²) in [6, 6.07) is 1.24. The highest BCUT2D eigenvalue weighted by Crippen LogP contribution is 2.43. The minimum Gasteiger partial charge on any atom is -0.477 e. The number of alkyl halides is 1. The fraction of sp³-hybridized carbons (Fsp3) is 0.545. The molecule has 1 saturated heterocycles. The van der Waals surface area contributed by atoms with E-state index in [-0.39, 0.29) is 11.8 Å². The first kappa shape index (κ1) is 19.5. The topological polar surface area (TPSA) is 74.6 Å². The van der Waals surface area contributed by atoms with E-state index < -0.39 is 35.0 Å². The van der Waals surface area contributed by atoms with Crippen molar-refractivity contribution in [1.29, 1.82) is 0 Å². The molecule has 2 N–H and O–H groups in total. The second-order valence-corrected chi connectivity index (χ2v) is 8.91. The molecule has 160 valence electrons. The van der Waals surface area contributed by atoms with E-state index >= 15 is 4.39 Å². The molecular weight excluding hydrogens is 392 g/mol. The number of carbonyl (C=O) groups is 1. The fourth-order valence-electron chi connectivity index (χ4n) is 4.74. The van der Waals surface area contributed by atoms with Crippen LogP contribution in [0.1, 0.15) is 47.6 Å². The largest absolute Gasteiger partial charge is 0.477 e. The normalized spacial score (nSPS) is 25.8. The molecule has 30 heavy (non-hydrogen) atoms. The molecule has 0 spiro atoms. The van der Waals surface area contributed by atoms with Gasteiger partial charge in [0.25, 0.3) is 0 Å². The van der Waals surface area contributed by atoms with Gasteiger partial charge < -0.3 is 19.9 Å². The highest BCUT2D eigenvalue weighted by Gasteiger charge is 2.41.